The monoisotopic (exact) mass is 284 g/mol. The van der Waals surface area contributed by atoms with E-state index in [9.17, 15) is 4.39 Å². The van der Waals surface area contributed by atoms with Crippen molar-refractivity contribution in [3.8, 4) is 0 Å². The van der Waals surface area contributed by atoms with E-state index in [1.54, 1.807) is 13.0 Å². The van der Waals surface area contributed by atoms with Crippen LogP contribution in [0.3, 0.4) is 0 Å². The number of anilines is 2. The smallest absolute Gasteiger partial charge is 0.126 e. The SMILES string of the molecule is Cc1ccc(CNc2ccc(N3CCCC3)cc2)cc1F. The summed E-state index contributed by atoms with van der Waals surface area (Å²) in [6.45, 7) is 4.74. The second-order valence-electron chi connectivity index (χ2n) is 5.68. The van der Waals surface area contributed by atoms with Gasteiger partial charge in [-0.25, -0.2) is 4.39 Å². The molecule has 0 radical (unpaired) electrons. The zero-order valence-electron chi connectivity index (χ0n) is 12.4. The molecular weight excluding hydrogens is 263 g/mol. The summed E-state index contributed by atoms with van der Waals surface area (Å²) in [6, 6.07) is 13.9. The first-order chi connectivity index (χ1) is 10.2. The van der Waals surface area contributed by atoms with Crippen molar-refractivity contribution in [3.05, 3.63) is 59.4 Å². The highest BCUT2D eigenvalue weighted by Gasteiger charge is 2.11. The van der Waals surface area contributed by atoms with E-state index < -0.39 is 0 Å². The molecule has 0 aromatic heterocycles. The maximum atomic E-state index is 13.5. The van der Waals surface area contributed by atoms with Crippen molar-refractivity contribution in [2.24, 2.45) is 0 Å². The van der Waals surface area contributed by atoms with Gasteiger partial charge in [0.2, 0.25) is 0 Å². The van der Waals surface area contributed by atoms with E-state index in [4.69, 9.17) is 0 Å². The van der Waals surface area contributed by atoms with Crippen molar-refractivity contribution in [3.63, 3.8) is 0 Å². The summed E-state index contributed by atoms with van der Waals surface area (Å²) in [5.74, 6) is -0.140. The maximum absolute atomic E-state index is 13.5. The molecule has 0 aliphatic carbocycles. The fourth-order valence-corrected chi connectivity index (χ4v) is 2.72. The lowest BCUT2D eigenvalue weighted by Gasteiger charge is -2.18. The van der Waals surface area contributed by atoms with Gasteiger partial charge in [0.05, 0.1) is 0 Å². The van der Waals surface area contributed by atoms with Crippen molar-refractivity contribution < 1.29 is 4.39 Å². The fourth-order valence-electron chi connectivity index (χ4n) is 2.72. The molecule has 1 heterocycles. The van der Waals surface area contributed by atoms with Gasteiger partial charge in [-0.2, -0.15) is 0 Å². The summed E-state index contributed by atoms with van der Waals surface area (Å²) in [6.07, 6.45) is 2.58. The Morgan fingerprint density at radius 1 is 1.05 bits per heavy atom. The van der Waals surface area contributed by atoms with Gasteiger partial charge in [0, 0.05) is 31.0 Å². The summed E-state index contributed by atoms with van der Waals surface area (Å²) in [7, 11) is 0. The van der Waals surface area contributed by atoms with E-state index >= 15 is 0 Å². The Balaban J connectivity index is 1.61. The Hall–Kier alpha value is -2.03. The third-order valence-electron chi connectivity index (χ3n) is 4.07. The number of rotatable bonds is 4. The molecule has 2 nitrogen and oxygen atoms in total. The topological polar surface area (TPSA) is 15.3 Å². The number of benzene rings is 2. The van der Waals surface area contributed by atoms with Crippen LogP contribution < -0.4 is 10.2 Å². The van der Waals surface area contributed by atoms with Crippen molar-refractivity contribution >= 4 is 11.4 Å². The summed E-state index contributed by atoms with van der Waals surface area (Å²) in [5.41, 5.74) is 4.01. The second-order valence-corrected chi connectivity index (χ2v) is 5.68. The van der Waals surface area contributed by atoms with Crippen LogP contribution in [0.5, 0.6) is 0 Å². The minimum absolute atomic E-state index is 0.140. The highest BCUT2D eigenvalue weighted by molar-refractivity contribution is 5.55. The Morgan fingerprint density at radius 3 is 2.43 bits per heavy atom. The number of hydrogen-bond donors (Lipinski definition) is 1. The predicted molar refractivity (Wildman–Crippen MR) is 86.4 cm³/mol. The average molecular weight is 284 g/mol. The van der Waals surface area contributed by atoms with Crippen LogP contribution in [0, 0.1) is 12.7 Å². The molecular formula is C18H21FN2. The van der Waals surface area contributed by atoms with E-state index in [0.29, 0.717) is 12.1 Å². The molecule has 0 spiro atoms. The molecule has 1 fully saturated rings. The molecule has 110 valence electrons. The second kappa shape index (κ2) is 6.17. The molecule has 2 aromatic rings. The highest BCUT2D eigenvalue weighted by atomic mass is 19.1. The predicted octanol–water partition coefficient (Wildman–Crippen LogP) is 4.35. The minimum Gasteiger partial charge on any atom is -0.381 e. The van der Waals surface area contributed by atoms with Crippen LogP contribution >= 0.6 is 0 Å². The van der Waals surface area contributed by atoms with Gasteiger partial charge in [0.25, 0.3) is 0 Å². The lowest BCUT2D eigenvalue weighted by atomic mass is 10.1. The molecule has 0 atom stereocenters. The van der Waals surface area contributed by atoms with Gasteiger partial charge in [-0.15, -0.1) is 0 Å². The van der Waals surface area contributed by atoms with E-state index in [1.165, 1.54) is 18.5 Å². The molecule has 3 rings (SSSR count). The largest absolute Gasteiger partial charge is 0.381 e. The number of hydrogen-bond acceptors (Lipinski definition) is 2. The van der Waals surface area contributed by atoms with Gasteiger partial charge < -0.3 is 10.2 Å². The van der Waals surface area contributed by atoms with Crippen LogP contribution in [0.25, 0.3) is 0 Å². The Bertz CT molecular complexity index is 601. The number of nitrogens with one attached hydrogen (secondary N) is 1. The van der Waals surface area contributed by atoms with E-state index in [0.717, 1.165) is 24.3 Å². The first-order valence-corrected chi connectivity index (χ1v) is 7.56. The summed E-state index contributed by atoms with van der Waals surface area (Å²) in [5, 5.41) is 3.34. The Morgan fingerprint density at radius 2 is 1.76 bits per heavy atom. The maximum Gasteiger partial charge on any atom is 0.126 e. The average Bonchev–Trinajstić information content (AvgIpc) is 3.03. The third-order valence-corrected chi connectivity index (χ3v) is 4.07. The van der Waals surface area contributed by atoms with Gasteiger partial charge in [-0.1, -0.05) is 12.1 Å². The molecule has 3 heteroatoms. The molecule has 1 saturated heterocycles. The van der Waals surface area contributed by atoms with Crippen LogP contribution in [0.2, 0.25) is 0 Å². The number of halogens is 1. The third kappa shape index (κ3) is 3.35. The lowest BCUT2D eigenvalue weighted by Crippen LogP contribution is -2.17. The van der Waals surface area contributed by atoms with Crippen molar-refractivity contribution in [2.45, 2.75) is 26.3 Å². The molecule has 0 amide bonds. The molecule has 0 unspecified atom stereocenters. The molecule has 1 aliphatic rings. The molecule has 21 heavy (non-hydrogen) atoms. The fraction of sp³-hybridized carbons (Fsp3) is 0.333. The molecule has 1 N–H and O–H groups in total. The Kier molecular flexibility index (Phi) is 4.09. The molecule has 0 bridgehead atoms. The van der Waals surface area contributed by atoms with Crippen LogP contribution in [-0.4, -0.2) is 13.1 Å². The van der Waals surface area contributed by atoms with Crippen LogP contribution in [0.4, 0.5) is 15.8 Å². The zero-order chi connectivity index (χ0) is 14.7. The standard InChI is InChI=1S/C18H21FN2/c1-14-4-5-15(12-18(14)19)13-20-16-6-8-17(9-7-16)21-10-2-3-11-21/h4-9,12,20H,2-3,10-11,13H2,1H3. The van der Waals surface area contributed by atoms with Gasteiger partial charge in [-0.3, -0.25) is 0 Å². The van der Waals surface area contributed by atoms with Gasteiger partial charge in [0.1, 0.15) is 5.82 Å². The van der Waals surface area contributed by atoms with E-state index in [2.05, 4.69) is 34.5 Å². The zero-order valence-corrected chi connectivity index (χ0v) is 12.4. The Labute approximate surface area is 125 Å². The van der Waals surface area contributed by atoms with Gasteiger partial charge in [-0.05, 0) is 61.2 Å². The summed E-state index contributed by atoms with van der Waals surface area (Å²) in [4.78, 5) is 2.42. The molecule has 1 aliphatic heterocycles. The van der Waals surface area contributed by atoms with E-state index in [-0.39, 0.29) is 5.82 Å². The molecule has 0 saturated carbocycles. The summed E-state index contributed by atoms with van der Waals surface area (Å²) >= 11 is 0. The highest BCUT2D eigenvalue weighted by Crippen LogP contribution is 2.22. The van der Waals surface area contributed by atoms with Gasteiger partial charge >= 0.3 is 0 Å². The van der Waals surface area contributed by atoms with Crippen molar-refractivity contribution in [1.29, 1.82) is 0 Å². The van der Waals surface area contributed by atoms with Crippen LogP contribution in [-0.2, 0) is 6.54 Å². The summed E-state index contributed by atoms with van der Waals surface area (Å²) < 4.78 is 13.5. The number of aryl methyl sites for hydroxylation is 1. The van der Waals surface area contributed by atoms with Crippen molar-refractivity contribution in [2.75, 3.05) is 23.3 Å². The van der Waals surface area contributed by atoms with Gasteiger partial charge in [0.15, 0.2) is 0 Å². The first kappa shape index (κ1) is 13.9. The normalized spacial score (nSPS) is 14.5. The minimum atomic E-state index is -0.140. The van der Waals surface area contributed by atoms with Crippen LogP contribution in [0.15, 0.2) is 42.5 Å². The number of nitrogens with zero attached hydrogens (tertiary/aromatic N) is 1. The van der Waals surface area contributed by atoms with Crippen molar-refractivity contribution in [1.82, 2.24) is 0 Å². The first-order valence-electron chi connectivity index (χ1n) is 7.56. The van der Waals surface area contributed by atoms with E-state index in [1.807, 2.05) is 12.1 Å². The molecule has 2 aromatic carbocycles. The quantitative estimate of drug-likeness (QED) is 0.898. The lowest BCUT2D eigenvalue weighted by molar-refractivity contribution is 0.616. The van der Waals surface area contributed by atoms with Crippen LogP contribution in [0.1, 0.15) is 24.0 Å².